The highest BCUT2D eigenvalue weighted by atomic mass is 16.5. The van der Waals surface area contributed by atoms with Crippen molar-refractivity contribution >= 4 is 5.97 Å². The highest BCUT2D eigenvalue weighted by Crippen LogP contribution is 2.28. The molecule has 0 atom stereocenters. The van der Waals surface area contributed by atoms with E-state index in [2.05, 4.69) is 13.8 Å². The summed E-state index contributed by atoms with van der Waals surface area (Å²) in [6, 6.07) is 5.23. The summed E-state index contributed by atoms with van der Waals surface area (Å²) in [6.07, 6.45) is 4.35. The molecule has 0 aliphatic carbocycles. The van der Waals surface area contributed by atoms with Crippen molar-refractivity contribution < 1.29 is 19.0 Å². The lowest BCUT2D eigenvalue weighted by Crippen LogP contribution is -2.10. The van der Waals surface area contributed by atoms with Crippen molar-refractivity contribution in [2.75, 3.05) is 20.8 Å². The monoisotopic (exact) mass is 294 g/mol. The van der Waals surface area contributed by atoms with Gasteiger partial charge >= 0.3 is 5.97 Å². The topological polar surface area (TPSA) is 44.8 Å². The van der Waals surface area contributed by atoms with Crippen LogP contribution in [0.5, 0.6) is 11.5 Å². The fourth-order valence-corrected chi connectivity index (χ4v) is 2.12. The number of carbonyl (C=O) groups excluding carboxylic acids is 1. The van der Waals surface area contributed by atoms with E-state index >= 15 is 0 Å². The number of methoxy groups -OCH3 is 2. The van der Waals surface area contributed by atoms with Crippen molar-refractivity contribution in [2.24, 2.45) is 5.92 Å². The molecule has 0 saturated heterocycles. The lowest BCUT2D eigenvalue weighted by Gasteiger charge is -2.12. The Hall–Kier alpha value is -1.71. The van der Waals surface area contributed by atoms with Crippen LogP contribution in [-0.4, -0.2) is 26.8 Å². The SMILES string of the molecule is COc1cccc(OC)c1C(=O)OCCCCCC(C)C. The van der Waals surface area contributed by atoms with E-state index in [0.717, 1.165) is 18.8 Å². The number of esters is 1. The van der Waals surface area contributed by atoms with Gasteiger partial charge in [0.05, 0.1) is 20.8 Å². The number of hydrogen-bond acceptors (Lipinski definition) is 4. The minimum Gasteiger partial charge on any atom is -0.496 e. The number of rotatable bonds is 9. The molecule has 0 heterocycles. The highest BCUT2D eigenvalue weighted by molar-refractivity contribution is 5.95. The van der Waals surface area contributed by atoms with Gasteiger partial charge in [0.25, 0.3) is 0 Å². The molecular formula is C17H26O4. The molecule has 1 aromatic carbocycles. The molecule has 4 heteroatoms. The minimum atomic E-state index is -0.395. The second-order valence-electron chi connectivity index (χ2n) is 5.42. The lowest BCUT2D eigenvalue weighted by molar-refractivity contribution is 0.0490. The maximum atomic E-state index is 12.2. The normalized spacial score (nSPS) is 10.5. The summed E-state index contributed by atoms with van der Waals surface area (Å²) < 4.78 is 15.7. The average Bonchev–Trinajstić information content (AvgIpc) is 2.49. The van der Waals surface area contributed by atoms with Crippen LogP contribution < -0.4 is 9.47 Å². The second kappa shape index (κ2) is 9.27. The first-order valence-corrected chi connectivity index (χ1v) is 7.48. The molecule has 0 N–H and O–H groups in total. The van der Waals surface area contributed by atoms with Crippen LogP contribution in [0.1, 0.15) is 49.9 Å². The summed E-state index contributed by atoms with van der Waals surface area (Å²) in [5.74, 6) is 1.27. The van der Waals surface area contributed by atoms with E-state index in [9.17, 15) is 4.79 Å². The summed E-state index contributed by atoms with van der Waals surface area (Å²) in [5, 5.41) is 0. The van der Waals surface area contributed by atoms with Crippen molar-refractivity contribution in [1.82, 2.24) is 0 Å². The van der Waals surface area contributed by atoms with Crippen LogP contribution >= 0.6 is 0 Å². The molecule has 0 amide bonds. The number of ether oxygens (including phenoxy) is 3. The number of carbonyl (C=O) groups is 1. The van der Waals surface area contributed by atoms with Gasteiger partial charge in [-0.3, -0.25) is 0 Å². The number of unbranched alkanes of at least 4 members (excludes halogenated alkanes) is 2. The van der Waals surface area contributed by atoms with Gasteiger partial charge in [-0.25, -0.2) is 4.79 Å². The van der Waals surface area contributed by atoms with Crippen LogP contribution in [0.15, 0.2) is 18.2 Å². The Kier molecular flexibility index (Phi) is 7.65. The van der Waals surface area contributed by atoms with Gasteiger partial charge in [0, 0.05) is 0 Å². The molecule has 1 rings (SSSR count). The van der Waals surface area contributed by atoms with E-state index in [1.165, 1.54) is 27.1 Å². The zero-order valence-corrected chi connectivity index (χ0v) is 13.5. The van der Waals surface area contributed by atoms with E-state index in [4.69, 9.17) is 14.2 Å². The van der Waals surface area contributed by atoms with Gasteiger partial charge in [-0.1, -0.05) is 39.2 Å². The minimum absolute atomic E-state index is 0.352. The second-order valence-corrected chi connectivity index (χ2v) is 5.42. The largest absolute Gasteiger partial charge is 0.496 e. The first-order chi connectivity index (χ1) is 10.1. The van der Waals surface area contributed by atoms with Crippen LogP contribution in [0.2, 0.25) is 0 Å². The van der Waals surface area contributed by atoms with Crippen LogP contribution in [0.3, 0.4) is 0 Å². The molecule has 0 aliphatic heterocycles. The molecule has 0 aromatic heterocycles. The Balaban J connectivity index is 2.48. The molecule has 118 valence electrons. The molecule has 4 nitrogen and oxygen atoms in total. The van der Waals surface area contributed by atoms with Crippen molar-refractivity contribution in [3.05, 3.63) is 23.8 Å². The molecule has 1 aromatic rings. The van der Waals surface area contributed by atoms with Crippen LogP contribution in [0.25, 0.3) is 0 Å². The van der Waals surface area contributed by atoms with Gasteiger partial charge in [-0.05, 0) is 24.5 Å². The van der Waals surface area contributed by atoms with E-state index in [0.29, 0.717) is 23.7 Å². The van der Waals surface area contributed by atoms with Gasteiger partial charge in [0.15, 0.2) is 0 Å². The molecule has 0 radical (unpaired) electrons. The maximum Gasteiger partial charge on any atom is 0.345 e. The Morgan fingerprint density at radius 3 is 2.19 bits per heavy atom. The van der Waals surface area contributed by atoms with Gasteiger partial charge in [-0.15, -0.1) is 0 Å². The van der Waals surface area contributed by atoms with Crippen LogP contribution in [0.4, 0.5) is 0 Å². The Labute approximate surface area is 127 Å². The van der Waals surface area contributed by atoms with Gasteiger partial charge in [0.1, 0.15) is 17.1 Å². The molecule has 0 saturated carbocycles. The predicted octanol–water partition coefficient (Wildman–Crippen LogP) is 4.08. The first kappa shape index (κ1) is 17.3. The van der Waals surface area contributed by atoms with E-state index < -0.39 is 5.97 Å². The molecule has 0 fully saturated rings. The third-order valence-electron chi connectivity index (χ3n) is 3.29. The van der Waals surface area contributed by atoms with Crippen molar-refractivity contribution in [1.29, 1.82) is 0 Å². The third-order valence-corrected chi connectivity index (χ3v) is 3.29. The van der Waals surface area contributed by atoms with E-state index in [1.807, 2.05) is 0 Å². The fourth-order valence-electron chi connectivity index (χ4n) is 2.12. The molecular weight excluding hydrogens is 268 g/mol. The Morgan fingerprint density at radius 2 is 1.67 bits per heavy atom. The molecule has 21 heavy (non-hydrogen) atoms. The van der Waals surface area contributed by atoms with E-state index in [-0.39, 0.29) is 0 Å². The molecule has 0 spiro atoms. The van der Waals surface area contributed by atoms with Crippen molar-refractivity contribution in [3.8, 4) is 11.5 Å². The number of hydrogen-bond donors (Lipinski definition) is 0. The Morgan fingerprint density at radius 1 is 1.05 bits per heavy atom. The van der Waals surface area contributed by atoms with Crippen LogP contribution in [-0.2, 0) is 4.74 Å². The number of benzene rings is 1. The molecule has 0 unspecified atom stereocenters. The molecule has 0 aliphatic rings. The summed E-state index contributed by atoms with van der Waals surface area (Å²) in [7, 11) is 3.05. The van der Waals surface area contributed by atoms with Gasteiger partial charge in [-0.2, -0.15) is 0 Å². The standard InChI is InChI=1S/C17H26O4/c1-13(2)9-6-5-7-12-21-17(18)16-14(19-3)10-8-11-15(16)20-4/h8,10-11,13H,5-7,9,12H2,1-4H3. The van der Waals surface area contributed by atoms with Crippen LogP contribution in [0, 0.1) is 5.92 Å². The smallest absolute Gasteiger partial charge is 0.345 e. The maximum absolute atomic E-state index is 12.2. The molecule has 0 bridgehead atoms. The fraction of sp³-hybridized carbons (Fsp3) is 0.588. The zero-order valence-electron chi connectivity index (χ0n) is 13.5. The summed E-state index contributed by atoms with van der Waals surface area (Å²) in [6.45, 7) is 4.86. The first-order valence-electron chi connectivity index (χ1n) is 7.48. The third kappa shape index (κ3) is 5.66. The van der Waals surface area contributed by atoms with Crippen molar-refractivity contribution in [3.63, 3.8) is 0 Å². The van der Waals surface area contributed by atoms with E-state index in [1.54, 1.807) is 18.2 Å². The van der Waals surface area contributed by atoms with Crippen molar-refractivity contribution in [2.45, 2.75) is 39.5 Å². The summed E-state index contributed by atoms with van der Waals surface area (Å²) in [5.41, 5.74) is 0.352. The summed E-state index contributed by atoms with van der Waals surface area (Å²) >= 11 is 0. The predicted molar refractivity (Wildman–Crippen MR) is 83.1 cm³/mol. The summed E-state index contributed by atoms with van der Waals surface area (Å²) in [4.78, 5) is 12.2. The zero-order chi connectivity index (χ0) is 15.7. The Bertz CT molecular complexity index is 418. The average molecular weight is 294 g/mol. The quantitative estimate of drug-likeness (QED) is 0.508. The highest BCUT2D eigenvalue weighted by Gasteiger charge is 2.19. The van der Waals surface area contributed by atoms with Gasteiger partial charge in [0.2, 0.25) is 0 Å². The van der Waals surface area contributed by atoms with Gasteiger partial charge < -0.3 is 14.2 Å². The lowest BCUT2D eigenvalue weighted by atomic mass is 10.1.